The highest BCUT2D eigenvalue weighted by atomic mass is 35.5. The van der Waals surface area contributed by atoms with Gasteiger partial charge in [0, 0.05) is 12.5 Å². The first-order chi connectivity index (χ1) is 6.34. The highest BCUT2D eigenvalue weighted by Gasteiger charge is 2.14. The molecule has 0 fully saturated rings. The van der Waals surface area contributed by atoms with Gasteiger partial charge in [-0.2, -0.15) is 0 Å². The molecule has 0 aliphatic carbocycles. The summed E-state index contributed by atoms with van der Waals surface area (Å²) in [5.74, 6) is 0.557. The topological polar surface area (TPSA) is 29.5 Å². The fourth-order valence-corrected chi connectivity index (χ4v) is 1.07. The second-order valence-corrected chi connectivity index (χ2v) is 3.05. The molecule has 0 saturated carbocycles. The first-order valence-electron chi connectivity index (χ1n) is 4.25. The highest BCUT2D eigenvalue weighted by molar-refractivity contribution is 6.59. The van der Waals surface area contributed by atoms with Crippen molar-refractivity contribution in [1.82, 2.24) is 0 Å². The Labute approximate surface area is 83.6 Å². The van der Waals surface area contributed by atoms with Crippen molar-refractivity contribution in [3.05, 3.63) is 30.3 Å². The lowest BCUT2D eigenvalue weighted by Crippen LogP contribution is -2.33. The monoisotopic (exact) mass is 198 g/mol. The number of benzene rings is 1. The Morgan fingerprint density at radius 3 is 2.62 bits per heavy atom. The molecule has 0 aliphatic heterocycles. The summed E-state index contributed by atoms with van der Waals surface area (Å²) in [6, 6.07) is 9.28. The Balaban J connectivity index is 2.35. The van der Waals surface area contributed by atoms with E-state index in [0.717, 1.165) is 11.9 Å². The smallest absolute Gasteiger partial charge is 0.423 e. The maximum atomic E-state index is 9.48. The molecule has 0 bridgehead atoms. The van der Waals surface area contributed by atoms with Gasteiger partial charge in [-0.15, -0.1) is 11.6 Å². The van der Waals surface area contributed by atoms with Crippen molar-refractivity contribution in [2.24, 2.45) is 0 Å². The lowest BCUT2D eigenvalue weighted by atomic mass is 9.80. The number of alkyl halides is 1. The molecule has 0 heterocycles. The largest absolute Gasteiger partial charge is 0.491 e. The van der Waals surface area contributed by atoms with Crippen LogP contribution in [0.1, 0.15) is 6.42 Å². The third kappa shape index (κ3) is 3.81. The van der Waals surface area contributed by atoms with Crippen LogP contribution in [0, 0.1) is 0 Å². The summed E-state index contributed by atoms with van der Waals surface area (Å²) in [7, 11) is -0.829. The van der Waals surface area contributed by atoms with Crippen molar-refractivity contribution in [3.63, 3.8) is 0 Å². The van der Waals surface area contributed by atoms with Gasteiger partial charge in [0.25, 0.3) is 0 Å². The molecule has 0 atom stereocenters. The Morgan fingerprint density at radius 2 is 2.00 bits per heavy atom. The van der Waals surface area contributed by atoms with Crippen LogP contribution in [0.2, 0.25) is 0 Å². The molecule has 0 spiro atoms. The van der Waals surface area contributed by atoms with E-state index in [0.29, 0.717) is 12.5 Å². The molecule has 0 aromatic heterocycles. The van der Waals surface area contributed by atoms with Gasteiger partial charge in [-0.05, 0) is 11.9 Å². The van der Waals surface area contributed by atoms with Crippen molar-refractivity contribution < 1.29 is 9.68 Å². The van der Waals surface area contributed by atoms with E-state index in [1.807, 2.05) is 30.3 Å². The molecule has 0 saturated heterocycles. The van der Waals surface area contributed by atoms with Crippen LogP contribution in [0.5, 0.6) is 0 Å². The van der Waals surface area contributed by atoms with E-state index in [9.17, 15) is 5.02 Å². The summed E-state index contributed by atoms with van der Waals surface area (Å²) < 4.78 is 5.14. The van der Waals surface area contributed by atoms with Gasteiger partial charge in [-0.3, -0.25) is 0 Å². The van der Waals surface area contributed by atoms with Gasteiger partial charge < -0.3 is 9.68 Å². The zero-order valence-corrected chi connectivity index (χ0v) is 8.07. The van der Waals surface area contributed by atoms with Gasteiger partial charge in [-0.25, -0.2) is 0 Å². The van der Waals surface area contributed by atoms with Gasteiger partial charge in [0.2, 0.25) is 0 Å². The number of hydrogen-bond donors (Lipinski definition) is 1. The first kappa shape index (κ1) is 10.6. The van der Waals surface area contributed by atoms with E-state index in [-0.39, 0.29) is 0 Å². The van der Waals surface area contributed by atoms with Crippen LogP contribution in [0.15, 0.2) is 30.3 Å². The van der Waals surface area contributed by atoms with Gasteiger partial charge in [0.05, 0.1) is 0 Å². The Morgan fingerprint density at radius 1 is 1.31 bits per heavy atom. The van der Waals surface area contributed by atoms with Gasteiger partial charge in [-0.1, -0.05) is 30.3 Å². The summed E-state index contributed by atoms with van der Waals surface area (Å²) in [5, 5.41) is 9.48. The third-order valence-electron chi connectivity index (χ3n) is 1.64. The zero-order chi connectivity index (χ0) is 9.52. The minimum atomic E-state index is -0.829. The standard InChI is InChI=1S/C9H12BClO2/c11-7-4-8-13-10(12)9-5-2-1-3-6-9/h1-3,5-6,12H,4,7-8H2. The predicted molar refractivity (Wildman–Crippen MR) is 55.3 cm³/mol. The van der Waals surface area contributed by atoms with Crippen molar-refractivity contribution in [3.8, 4) is 0 Å². The predicted octanol–water partition coefficient (Wildman–Crippen LogP) is 1.02. The Hall–Kier alpha value is -0.505. The van der Waals surface area contributed by atoms with Gasteiger partial charge >= 0.3 is 7.12 Å². The molecule has 2 nitrogen and oxygen atoms in total. The number of rotatable bonds is 5. The minimum Gasteiger partial charge on any atom is -0.423 e. The van der Waals surface area contributed by atoms with E-state index in [2.05, 4.69) is 0 Å². The second-order valence-electron chi connectivity index (χ2n) is 2.68. The SMILES string of the molecule is OB(OCCCCl)c1ccccc1. The van der Waals surface area contributed by atoms with Crippen LogP contribution in [0.25, 0.3) is 0 Å². The van der Waals surface area contributed by atoms with Crippen LogP contribution in [0.4, 0.5) is 0 Å². The third-order valence-corrected chi connectivity index (χ3v) is 1.91. The Kier molecular flexibility index (Phi) is 4.90. The number of halogens is 1. The van der Waals surface area contributed by atoms with Gasteiger partial charge in [0.1, 0.15) is 0 Å². The average molecular weight is 198 g/mol. The van der Waals surface area contributed by atoms with Gasteiger partial charge in [0.15, 0.2) is 0 Å². The quantitative estimate of drug-likeness (QED) is 0.435. The molecule has 1 aromatic carbocycles. The fraction of sp³-hybridized carbons (Fsp3) is 0.333. The first-order valence-corrected chi connectivity index (χ1v) is 4.78. The highest BCUT2D eigenvalue weighted by Crippen LogP contribution is 1.91. The summed E-state index contributed by atoms with van der Waals surface area (Å²) in [5.41, 5.74) is 0.775. The maximum Gasteiger partial charge on any atom is 0.491 e. The van der Waals surface area contributed by atoms with E-state index in [1.165, 1.54) is 0 Å². The number of hydrogen-bond acceptors (Lipinski definition) is 2. The lowest BCUT2D eigenvalue weighted by molar-refractivity contribution is 0.271. The van der Waals surface area contributed by atoms with E-state index >= 15 is 0 Å². The summed E-state index contributed by atoms with van der Waals surface area (Å²) >= 11 is 5.47. The van der Waals surface area contributed by atoms with Crippen LogP contribution in [-0.2, 0) is 4.65 Å². The van der Waals surface area contributed by atoms with Crippen molar-refractivity contribution in [2.75, 3.05) is 12.5 Å². The molecule has 0 unspecified atom stereocenters. The molecule has 70 valence electrons. The van der Waals surface area contributed by atoms with Crippen LogP contribution < -0.4 is 5.46 Å². The summed E-state index contributed by atoms with van der Waals surface area (Å²) in [6.45, 7) is 0.486. The molecular formula is C9H12BClO2. The van der Waals surface area contributed by atoms with E-state index in [4.69, 9.17) is 16.3 Å². The minimum absolute atomic E-state index is 0.486. The molecule has 0 aliphatic rings. The molecular weight excluding hydrogens is 186 g/mol. The van der Waals surface area contributed by atoms with Crippen LogP contribution >= 0.6 is 11.6 Å². The molecule has 1 rings (SSSR count). The molecule has 13 heavy (non-hydrogen) atoms. The molecule has 0 amide bonds. The van der Waals surface area contributed by atoms with Crippen LogP contribution in [-0.4, -0.2) is 24.6 Å². The van der Waals surface area contributed by atoms with Crippen molar-refractivity contribution >= 4 is 24.2 Å². The molecule has 0 radical (unpaired) electrons. The molecule has 1 N–H and O–H groups in total. The van der Waals surface area contributed by atoms with E-state index in [1.54, 1.807) is 0 Å². The average Bonchev–Trinajstić information content (AvgIpc) is 2.19. The van der Waals surface area contributed by atoms with E-state index < -0.39 is 7.12 Å². The summed E-state index contributed by atoms with van der Waals surface area (Å²) in [4.78, 5) is 0. The normalized spacial score (nSPS) is 10.0. The molecule has 1 aromatic rings. The van der Waals surface area contributed by atoms with Crippen LogP contribution in [0.3, 0.4) is 0 Å². The second kappa shape index (κ2) is 6.03. The van der Waals surface area contributed by atoms with Crippen molar-refractivity contribution in [2.45, 2.75) is 6.42 Å². The summed E-state index contributed by atoms with van der Waals surface area (Å²) in [6.07, 6.45) is 0.755. The van der Waals surface area contributed by atoms with Crippen molar-refractivity contribution in [1.29, 1.82) is 0 Å². The molecule has 4 heteroatoms. The zero-order valence-electron chi connectivity index (χ0n) is 7.32. The Bertz CT molecular complexity index is 230. The lowest BCUT2D eigenvalue weighted by Gasteiger charge is -2.06. The fourth-order valence-electron chi connectivity index (χ4n) is 0.963. The maximum absolute atomic E-state index is 9.48.